The zero-order valence-electron chi connectivity index (χ0n) is 11.8. The highest BCUT2D eigenvalue weighted by molar-refractivity contribution is 7.89. The molecule has 0 amide bonds. The summed E-state index contributed by atoms with van der Waals surface area (Å²) in [6.45, 7) is 1.46. The smallest absolute Gasteiger partial charge is 0.242 e. The number of hydrogen-bond donors (Lipinski definition) is 2. The van der Waals surface area contributed by atoms with Crippen LogP contribution in [0.1, 0.15) is 12.8 Å². The van der Waals surface area contributed by atoms with E-state index in [1.165, 1.54) is 22.5 Å². The maximum Gasteiger partial charge on any atom is 0.242 e. The van der Waals surface area contributed by atoms with Crippen LogP contribution in [0.2, 0.25) is 0 Å². The fourth-order valence-corrected chi connectivity index (χ4v) is 3.72. The van der Waals surface area contributed by atoms with Crippen LogP contribution in [-0.4, -0.2) is 56.0 Å². The van der Waals surface area contributed by atoms with Crippen LogP contribution in [0.25, 0.3) is 0 Å². The second-order valence-electron chi connectivity index (χ2n) is 5.28. The molecule has 6 nitrogen and oxygen atoms in total. The minimum Gasteiger partial charge on any atom is -0.506 e. The van der Waals surface area contributed by atoms with Crippen LogP contribution < -0.4 is 5.73 Å². The molecular formula is C13H21N3O3S. The van der Waals surface area contributed by atoms with E-state index in [-0.39, 0.29) is 22.4 Å². The summed E-state index contributed by atoms with van der Waals surface area (Å²) in [5, 5.41) is 9.37. The predicted octanol–water partition coefficient (Wildman–Crippen LogP) is 0.689. The molecule has 0 aliphatic carbocycles. The van der Waals surface area contributed by atoms with Crippen molar-refractivity contribution in [1.29, 1.82) is 0 Å². The molecule has 0 saturated carbocycles. The third-order valence-corrected chi connectivity index (χ3v) is 5.67. The molecule has 0 radical (unpaired) electrons. The highest BCUT2D eigenvalue weighted by Crippen LogP contribution is 2.25. The van der Waals surface area contributed by atoms with E-state index >= 15 is 0 Å². The highest BCUT2D eigenvalue weighted by atomic mass is 32.2. The molecule has 1 aromatic rings. The van der Waals surface area contributed by atoms with E-state index < -0.39 is 10.0 Å². The predicted molar refractivity (Wildman–Crippen MR) is 78.0 cm³/mol. The lowest BCUT2D eigenvalue weighted by Gasteiger charge is -2.25. The first-order valence-electron chi connectivity index (χ1n) is 6.57. The zero-order chi connectivity index (χ0) is 14.9. The van der Waals surface area contributed by atoms with Crippen LogP contribution in [0.4, 0.5) is 5.69 Å². The van der Waals surface area contributed by atoms with Gasteiger partial charge in [-0.25, -0.2) is 8.42 Å². The molecule has 1 fully saturated rings. The number of nitrogens with zero attached hydrogens (tertiary/aromatic N) is 2. The number of sulfonamides is 1. The standard InChI is InChI=1S/C13H21N3O3S/c1-15-7-3-4-10(15)9-16(2)20(18,19)11-5-6-13(17)12(14)8-11/h5-6,8,10,17H,3-4,7,9,14H2,1-2H3. The van der Waals surface area contributed by atoms with Gasteiger partial charge in [-0.2, -0.15) is 4.31 Å². The largest absolute Gasteiger partial charge is 0.506 e. The van der Waals surface area contributed by atoms with Crippen LogP contribution >= 0.6 is 0 Å². The molecule has 0 aromatic heterocycles. The molecule has 1 aromatic carbocycles. The Labute approximate surface area is 119 Å². The Balaban J connectivity index is 2.18. The molecule has 112 valence electrons. The number of nitrogens with two attached hydrogens (primary N) is 1. The molecule has 1 saturated heterocycles. The first kappa shape index (κ1) is 15.1. The summed E-state index contributed by atoms with van der Waals surface area (Å²) in [5.41, 5.74) is 5.63. The Bertz CT molecular complexity index is 589. The van der Waals surface area contributed by atoms with Gasteiger partial charge in [0.05, 0.1) is 10.6 Å². The quantitative estimate of drug-likeness (QED) is 0.631. The number of nitrogen functional groups attached to an aromatic ring is 1. The SMILES string of the molecule is CN1CCCC1CN(C)S(=O)(=O)c1ccc(O)c(N)c1. The van der Waals surface area contributed by atoms with Crippen LogP contribution in [0.3, 0.4) is 0 Å². The number of aromatic hydroxyl groups is 1. The van der Waals surface area contributed by atoms with Gasteiger partial charge in [0, 0.05) is 19.6 Å². The van der Waals surface area contributed by atoms with Gasteiger partial charge in [-0.3, -0.25) is 0 Å². The van der Waals surface area contributed by atoms with Crippen molar-refractivity contribution >= 4 is 15.7 Å². The maximum absolute atomic E-state index is 12.5. The van der Waals surface area contributed by atoms with Crippen molar-refractivity contribution in [3.8, 4) is 5.75 Å². The third-order valence-electron chi connectivity index (χ3n) is 3.85. The van der Waals surface area contributed by atoms with E-state index in [0.717, 1.165) is 19.4 Å². The Kier molecular flexibility index (Phi) is 4.22. The lowest BCUT2D eigenvalue weighted by Crippen LogP contribution is -2.39. The van der Waals surface area contributed by atoms with E-state index in [1.54, 1.807) is 7.05 Å². The summed E-state index contributed by atoms with van der Waals surface area (Å²) in [6, 6.07) is 4.22. The topological polar surface area (TPSA) is 86.9 Å². The van der Waals surface area contributed by atoms with Gasteiger partial charge in [-0.05, 0) is 44.6 Å². The van der Waals surface area contributed by atoms with Gasteiger partial charge >= 0.3 is 0 Å². The minimum atomic E-state index is -3.57. The molecule has 1 aliphatic heterocycles. The van der Waals surface area contributed by atoms with Gasteiger partial charge in [-0.1, -0.05) is 0 Å². The number of rotatable bonds is 4. The molecule has 2 rings (SSSR count). The number of phenolic OH excluding ortho intramolecular Hbond substituents is 1. The van der Waals surface area contributed by atoms with Crippen LogP contribution in [0, 0.1) is 0 Å². The lowest BCUT2D eigenvalue weighted by molar-refractivity contribution is 0.271. The molecule has 1 unspecified atom stereocenters. The summed E-state index contributed by atoms with van der Waals surface area (Å²) in [4.78, 5) is 2.29. The van der Waals surface area contributed by atoms with Crippen molar-refractivity contribution in [3.63, 3.8) is 0 Å². The fraction of sp³-hybridized carbons (Fsp3) is 0.538. The summed E-state index contributed by atoms with van der Waals surface area (Å²) >= 11 is 0. The molecule has 0 spiro atoms. The van der Waals surface area contributed by atoms with E-state index in [1.807, 2.05) is 7.05 Å². The summed E-state index contributed by atoms with van der Waals surface area (Å²) in [6.07, 6.45) is 2.11. The summed E-state index contributed by atoms with van der Waals surface area (Å²) < 4.78 is 26.3. The van der Waals surface area contributed by atoms with Gasteiger partial charge < -0.3 is 15.7 Å². The molecule has 7 heteroatoms. The summed E-state index contributed by atoms with van der Waals surface area (Å²) in [5.74, 6) is -0.109. The van der Waals surface area contributed by atoms with Crippen molar-refractivity contribution in [2.45, 2.75) is 23.8 Å². The van der Waals surface area contributed by atoms with Gasteiger partial charge in [0.25, 0.3) is 0 Å². The van der Waals surface area contributed by atoms with Crippen molar-refractivity contribution in [1.82, 2.24) is 9.21 Å². The Morgan fingerprint density at radius 3 is 2.75 bits per heavy atom. The highest BCUT2D eigenvalue weighted by Gasteiger charge is 2.28. The lowest BCUT2D eigenvalue weighted by atomic mass is 10.2. The van der Waals surface area contributed by atoms with Crippen molar-refractivity contribution in [2.24, 2.45) is 0 Å². The van der Waals surface area contributed by atoms with Crippen molar-refractivity contribution in [2.75, 3.05) is 32.9 Å². The first-order valence-corrected chi connectivity index (χ1v) is 8.01. The number of hydrogen-bond acceptors (Lipinski definition) is 5. The monoisotopic (exact) mass is 299 g/mol. The van der Waals surface area contributed by atoms with E-state index in [0.29, 0.717) is 6.54 Å². The number of benzene rings is 1. The van der Waals surface area contributed by atoms with Crippen LogP contribution in [-0.2, 0) is 10.0 Å². The molecular weight excluding hydrogens is 278 g/mol. The molecule has 20 heavy (non-hydrogen) atoms. The minimum absolute atomic E-state index is 0.0671. The van der Waals surface area contributed by atoms with Gasteiger partial charge in [0.2, 0.25) is 10.0 Å². The van der Waals surface area contributed by atoms with E-state index in [2.05, 4.69) is 4.90 Å². The molecule has 1 aliphatic rings. The molecule has 1 atom stereocenters. The zero-order valence-corrected chi connectivity index (χ0v) is 12.6. The Morgan fingerprint density at radius 1 is 1.50 bits per heavy atom. The number of likely N-dealkylation sites (tertiary alicyclic amines) is 1. The van der Waals surface area contributed by atoms with Crippen LogP contribution in [0.5, 0.6) is 5.75 Å². The second kappa shape index (κ2) is 5.59. The molecule has 3 N–H and O–H groups in total. The maximum atomic E-state index is 12.5. The normalized spacial score (nSPS) is 20.6. The van der Waals surface area contributed by atoms with Gasteiger partial charge in [0.15, 0.2) is 0 Å². The summed E-state index contributed by atoms with van der Waals surface area (Å²) in [7, 11) is 0.0109. The van der Waals surface area contributed by atoms with E-state index in [4.69, 9.17) is 5.73 Å². The average Bonchev–Trinajstić information content (AvgIpc) is 2.78. The van der Waals surface area contributed by atoms with Crippen molar-refractivity contribution < 1.29 is 13.5 Å². The fourth-order valence-electron chi connectivity index (χ4n) is 2.48. The molecule has 1 heterocycles. The second-order valence-corrected chi connectivity index (χ2v) is 7.33. The first-order chi connectivity index (χ1) is 9.32. The number of likely N-dealkylation sites (N-methyl/N-ethyl adjacent to an activating group) is 2. The molecule has 0 bridgehead atoms. The average molecular weight is 299 g/mol. The third kappa shape index (κ3) is 2.89. The van der Waals surface area contributed by atoms with E-state index in [9.17, 15) is 13.5 Å². The van der Waals surface area contributed by atoms with Crippen LogP contribution in [0.15, 0.2) is 23.1 Å². The van der Waals surface area contributed by atoms with Crippen molar-refractivity contribution in [3.05, 3.63) is 18.2 Å². The Morgan fingerprint density at radius 2 is 2.20 bits per heavy atom. The number of anilines is 1. The Hall–Kier alpha value is -1.31. The van der Waals surface area contributed by atoms with Gasteiger partial charge in [-0.15, -0.1) is 0 Å². The van der Waals surface area contributed by atoms with Gasteiger partial charge in [0.1, 0.15) is 5.75 Å². The number of phenols is 1.